The zero-order chi connectivity index (χ0) is 16.5. The molecule has 1 saturated carbocycles. The van der Waals surface area contributed by atoms with E-state index in [4.69, 9.17) is 10.5 Å². The van der Waals surface area contributed by atoms with Crippen molar-refractivity contribution in [3.8, 4) is 0 Å². The van der Waals surface area contributed by atoms with Gasteiger partial charge in [-0.1, -0.05) is 20.8 Å². The van der Waals surface area contributed by atoms with E-state index in [1.807, 2.05) is 20.8 Å². The molecule has 0 aromatic carbocycles. The molecule has 5 nitrogen and oxygen atoms in total. The average Bonchev–Trinajstić information content (AvgIpc) is 2.26. The monoisotopic (exact) mass is 300 g/mol. The van der Waals surface area contributed by atoms with Crippen LogP contribution in [0.25, 0.3) is 0 Å². The number of alkyl carbamates (subject to hydrolysis) is 1. The maximum atomic E-state index is 12.1. The van der Waals surface area contributed by atoms with Crippen LogP contribution in [-0.2, 0) is 4.74 Å². The van der Waals surface area contributed by atoms with E-state index in [9.17, 15) is 9.90 Å². The molecule has 124 valence electrons. The van der Waals surface area contributed by atoms with E-state index in [1.54, 1.807) is 0 Å². The first-order chi connectivity index (χ1) is 9.33. The highest BCUT2D eigenvalue weighted by atomic mass is 16.6. The minimum absolute atomic E-state index is 0.187. The fourth-order valence-corrected chi connectivity index (χ4v) is 3.08. The van der Waals surface area contributed by atoms with Crippen molar-refractivity contribution in [3.63, 3.8) is 0 Å². The van der Waals surface area contributed by atoms with Gasteiger partial charge in [0.05, 0.1) is 12.1 Å². The van der Waals surface area contributed by atoms with Gasteiger partial charge < -0.3 is 20.9 Å². The molecule has 0 heterocycles. The summed E-state index contributed by atoms with van der Waals surface area (Å²) in [5.41, 5.74) is 5.36. The number of nitrogens with one attached hydrogen (secondary N) is 1. The Hall–Kier alpha value is -0.810. The average molecular weight is 300 g/mol. The summed E-state index contributed by atoms with van der Waals surface area (Å²) in [5, 5.41) is 12.7. The van der Waals surface area contributed by atoms with Gasteiger partial charge in [0.15, 0.2) is 0 Å². The van der Waals surface area contributed by atoms with E-state index >= 15 is 0 Å². The standard InChI is InChI=1S/C16H32N2O3/c1-14(2,3)12(18-13(20)21-15(4,5)6)16(17)9-7-11(19)8-10-16/h11-12,19H,7-10,17H2,1-6H3,(H,18,20). The van der Waals surface area contributed by atoms with Crippen LogP contribution in [0, 0.1) is 5.41 Å². The quantitative estimate of drug-likeness (QED) is 0.731. The van der Waals surface area contributed by atoms with E-state index < -0.39 is 17.2 Å². The Morgan fingerprint density at radius 2 is 1.71 bits per heavy atom. The molecule has 0 aromatic heterocycles. The van der Waals surface area contributed by atoms with Gasteiger partial charge in [-0.05, 0) is 51.9 Å². The lowest BCUT2D eigenvalue weighted by molar-refractivity contribution is 0.0278. The Balaban J connectivity index is 2.85. The van der Waals surface area contributed by atoms with Crippen LogP contribution >= 0.6 is 0 Å². The number of carbonyl (C=O) groups excluding carboxylic acids is 1. The molecule has 0 spiro atoms. The van der Waals surface area contributed by atoms with Gasteiger partial charge in [-0.2, -0.15) is 0 Å². The fourth-order valence-electron chi connectivity index (χ4n) is 3.08. The predicted molar refractivity (Wildman–Crippen MR) is 84.0 cm³/mol. The van der Waals surface area contributed by atoms with Gasteiger partial charge in [-0.15, -0.1) is 0 Å². The van der Waals surface area contributed by atoms with Gasteiger partial charge in [0, 0.05) is 5.54 Å². The highest BCUT2D eigenvalue weighted by molar-refractivity contribution is 5.68. The van der Waals surface area contributed by atoms with Crippen molar-refractivity contribution in [2.24, 2.45) is 11.1 Å². The highest BCUT2D eigenvalue weighted by Crippen LogP contribution is 2.36. The summed E-state index contributed by atoms with van der Waals surface area (Å²) in [4.78, 5) is 12.1. The van der Waals surface area contributed by atoms with Gasteiger partial charge in [-0.3, -0.25) is 0 Å². The second kappa shape index (κ2) is 6.13. The number of amides is 1. The molecule has 1 atom stereocenters. The number of aliphatic hydroxyl groups excluding tert-OH is 1. The number of aliphatic hydroxyl groups is 1. The van der Waals surface area contributed by atoms with Crippen molar-refractivity contribution in [1.29, 1.82) is 0 Å². The van der Waals surface area contributed by atoms with Crippen LogP contribution in [-0.4, -0.2) is 34.5 Å². The third-order valence-electron chi connectivity index (χ3n) is 3.99. The molecule has 4 N–H and O–H groups in total. The normalized spacial score (nSPS) is 28.9. The molecule has 0 aromatic rings. The van der Waals surface area contributed by atoms with Crippen LogP contribution in [0.2, 0.25) is 0 Å². The van der Waals surface area contributed by atoms with Crippen LogP contribution in [0.3, 0.4) is 0 Å². The Labute approximate surface area is 128 Å². The van der Waals surface area contributed by atoms with Gasteiger partial charge in [0.1, 0.15) is 5.60 Å². The SMILES string of the molecule is CC(C)(C)OC(=O)NC(C(C)(C)C)C1(N)CCC(O)CC1. The van der Waals surface area contributed by atoms with Gasteiger partial charge in [0.2, 0.25) is 0 Å². The summed E-state index contributed by atoms with van der Waals surface area (Å²) in [6.07, 6.45) is 2.05. The second-order valence-corrected chi connectivity index (χ2v) is 8.41. The van der Waals surface area contributed by atoms with Crippen molar-refractivity contribution in [1.82, 2.24) is 5.32 Å². The molecule has 1 rings (SSSR count). The molecular weight excluding hydrogens is 268 g/mol. The summed E-state index contributed by atoms with van der Waals surface area (Å²) in [6, 6.07) is -0.202. The summed E-state index contributed by atoms with van der Waals surface area (Å²) in [7, 11) is 0. The van der Waals surface area contributed by atoms with Crippen LogP contribution in [0.5, 0.6) is 0 Å². The van der Waals surface area contributed by atoms with E-state index in [0.29, 0.717) is 25.7 Å². The second-order valence-electron chi connectivity index (χ2n) is 8.41. The number of nitrogens with two attached hydrogens (primary N) is 1. The molecule has 1 unspecified atom stereocenters. The summed E-state index contributed by atoms with van der Waals surface area (Å²) >= 11 is 0. The predicted octanol–water partition coefficient (Wildman–Crippen LogP) is 2.56. The lowest BCUT2D eigenvalue weighted by atomic mass is 9.67. The highest BCUT2D eigenvalue weighted by Gasteiger charge is 2.45. The largest absolute Gasteiger partial charge is 0.444 e. The summed E-state index contributed by atoms with van der Waals surface area (Å²) in [6.45, 7) is 11.7. The first-order valence-electron chi connectivity index (χ1n) is 7.80. The molecule has 5 heteroatoms. The van der Waals surface area contributed by atoms with Gasteiger partial charge >= 0.3 is 6.09 Å². The molecule has 1 amide bonds. The zero-order valence-corrected chi connectivity index (χ0v) is 14.3. The van der Waals surface area contributed by atoms with E-state index in [1.165, 1.54) is 0 Å². The molecule has 21 heavy (non-hydrogen) atoms. The zero-order valence-electron chi connectivity index (χ0n) is 14.3. The van der Waals surface area contributed by atoms with Crippen molar-refractivity contribution in [3.05, 3.63) is 0 Å². The number of rotatable bonds is 2. The van der Waals surface area contributed by atoms with Crippen molar-refractivity contribution in [2.75, 3.05) is 0 Å². The minimum Gasteiger partial charge on any atom is -0.444 e. The Kier molecular flexibility index (Phi) is 5.32. The number of hydrogen-bond acceptors (Lipinski definition) is 4. The Morgan fingerprint density at radius 3 is 2.10 bits per heavy atom. The molecule has 0 radical (unpaired) electrons. The molecule has 1 aliphatic carbocycles. The Morgan fingerprint density at radius 1 is 1.24 bits per heavy atom. The Bertz CT molecular complexity index is 361. The van der Waals surface area contributed by atoms with Gasteiger partial charge in [-0.25, -0.2) is 4.79 Å². The number of hydrogen-bond donors (Lipinski definition) is 3. The third kappa shape index (κ3) is 5.47. The maximum Gasteiger partial charge on any atom is 0.407 e. The summed E-state index contributed by atoms with van der Waals surface area (Å²) < 4.78 is 5.37. The molecule has 0 bridgehead atoms. The van der Waals surface area contributed by atoms with Crippen molar-refractivity contribution >= 4 is 6.09 Å². The smallest absolute Gasteiger partial charge is 0.407 e. The number of carbonyl (C=O) groups is 1. The van der Waals surface area contributed by atoms with Crippen LogP contribution in [0.4, 0.5) is 4.79 Å². The first-order valence-corrected chi connectivity index (χ1v) is 7.80. The number of ether oxygens (including phenoxy) is 1. The van der Waals surface area contributed by atoms with Crippen LogP contribution < -0.4 is 11.1 Å². The topological polar surface area (TPSA) is 84.6 Å². The first kappa shape index (κ1) is 18.2. The molecule has 0 aliphatic heterocycles. The fraction of sp³-hybridized carbons (Fsp3) is 0.938. The molecule has 0 saturated heterocycles. The van der Waals surface area contributed by atoms with E-state index in [-0.39, 0.29) is 17.6 Å². The van der Waals surface area contributed by atoms with Gasteiger partial charge in [0.25, 0.3) is 0 Å². The van der Waals surface area contributed by atoms with Crippen molar-refractivity contribution < 1.29 is 14.6 Å². The third-order valence-corrected chi connectivity index (χ3v) is 3.99. The maximum absolute atomic E-state index is 12.1. The lowest BCUT2D eigenvalue weighted by Gasteiger charge is -2.47. The lowest BCUT2D eigenvalue weighted by Crippen LogP contribution is -2.65. The minimum atomic E-state index is -0.531. The van der Waals surface area contributed by atoms with Crippen LogP contribution in [0.15, 0.2) is 0 Å². The van der Waals surface area contributed by atoms with Crippen molar-refractivity contribution in [2.45, 2.75) is 90.5 Å². The van der Waals surface area contributed by atoms with E-state index in [0.717, 1.165) is 0 Å². The molecular formula is C16H32N2O3. The molecule has 1 aliphatic rings. The van der Waals surface area contributed by atoms with E-state index in [2.05, 4.69) is 26.1 Å². The van der Waals surface area contributed by atoms with Crippen LogP contribution in [0.1, 0.15) is 67.2 Å². The summed E-state index contributed by atoms with van der Waals surface area (Å²) in [5.74, 6) is 0. The molecule has 1 fully saturated rings.